The summed E-state index contributed by atoms with van der Waals surface area (Å²) in [6.07, 6.45) is 1.38. The fourth-order valence-corrected chi connectivity index (χ4v) is 0.360. The molecule has 44 valence electrons. The molecule has 0 spiro atoms. The van der Waals surface area contributed by atoms with Crippen molar-refractivity contribution in [1.82, 2.24) is 0 Å². The molecule has 2 heteroatoms. The van der Waals surface area contributed by atoms with Gasteiger partial charge in [-0.3, -0.25) is 0 Å². The molecular formula is C6H9NO. The van der Waals surface area contributed by atoms with Gasteiger partial charge in [-0.2, -0.15) is 5.26 Å². The molecule has 0 bridgehead atoms. The molecule has 0 N–H and O–H groups in total. The molecule has 2 nitrogen and oxygen atoms in total. The molecule has 0 unspecified atom stereocenters. The molecule has 0 amide bonds. The van der Waals surface area contributed by atoms with Gasteiger partial charge in [0.05, 0.1) is 18.8 Å². The zero-order valence-electron chi connectivity index (χ0n) is 5.14. The van der Waals surface area contributed by atoms with Crippen molar-refractivity contribution in [3.63, 3.8) is 0 Å². The van der Waals surface area contributed by atoms with Crippen LogP contribution in [0, 0.1) is 11.3 Å². The third-order valence-corrected chi connectivity index (χ3v) is 0.640. The third-order valence-electron chi connectivity index (χ3n) is 0.640. The first kappa shape index (κ1) is 7.03. The van der Waals surface area contributed by atoms with Gasteiger partial charge in [0.25, 0.3) is 0 Å². The molecule has 8 heavy (non-hydrogen) atoms. The van der Waals surface area contributed by atoms with Crippen molar-refractivity contribution in [2.24, 2.45) is 0 Å². The second kappa shape index (κ2) is 4.20. The summed E-state index contributed by atoms with van der Waals surface area (Å²) in [5, 5.41) is 8.06. The van der Waals surface area contributed by atoms with E-state index >= 15 is 0 Å². The van der Waals surface area contributed by atoms with Crippen molar-refractivity contribution in [2.45, 2.75) is 13.8 Å². The summed E-state index contributed by atoms with van der Waals surface area (Å²) in [6, 6.07) is 1.87. The van der Waals surface area contributed by atoms with Gasteiger partial charge in [0.2, 0.25) is 0 Å². The van der Waals surface area contributed by atoms with Gasteiger partial charge in [-0.1, -0.05) is 0 Å². The van der Waals surface area contributed by atoms with Crippen molar-refractivity contribution in [3.8, 4) is 6.07 Å². The van der Waals surface area contributed by atoms with Crippen LogP contribution in [0.5, 0.6) is 0 Å². The predicted molar refractivity (Wildman–Crippen MR) is 31.0 cm³/mol. The molecule has 0 saturated heterocycles. The van der Waals surface area contributed by atoms with Crippen LogP contribution in [0.4, 0.5) is 0 Å². The lowest BCUT2D eigenvalue weighted by Crippen LogP contribution is -1.84. The van der Waals surface area contributed by atoms with Gasteiger partial charge >= 0.3 is 0 Å². The Bertz CT molecular complexity index is 121. The van der Waals surface area contributed by atoms with E-state index in [1.54, 1.807) is 6.92 Å². The van der Waals surface area contributed by atoms with Gasteiger partial charge in [-0.25, -0.2) is 0 Å². The molecule has 0 aliphatic rings. The highest BCUT2D eigenvalue weighted by Crippen LogP contribution is 1.91. The quantitative estimate of drug-likeness (QED) is 0.399. The molecule has 0 aliphatic heterocycles. The van der Waals surface area contributed by atoms with Gasteiger partial charge in [0.1, 0.15) is 5.76 Å². The summed E-state index contributed by atoms with van der Waals surface area (Å²) >= 11 is 0. The molecular weight excluding hydrogens is 102 g/mol. The first-order valence-electron chi connectivity index (χ1n) is 2.50. The summed E-state index contributed by atoms with van der Waals surface area (Å²) in [4.78, 5) is 0. The largest absolute Gasteiger partial charge is 0.498 e. The van der Waals surface area contributed by atoms with Crippen LogP contribution in [0.3, 0.4) is 0 Å². The Morgan fingerprint density at radius 2 is 2.50 bits per heavy atom. The standard InChI is InChI=1S/C6H9NO/c1-3-8-6(2)4-5-7/h4H,3H2,1-2H3/b6-4-. The number of hydrogen-bond donors (Lipinski definition) is 0. The minimum absolute atomic E-state index is 0.629. The Kier molecular flexibility index (Phi) is 3.69. The van der Waals surface area contributed by atoms with E-state index in [1.165, 1.54) is 6.08 Å². The zero-order valence-corrected chi connectivity index (χ0v) is 5.14. The van der Waals surface area contributed by atoms with Gasteiger partial charge in [0, 0.05) is 0 Å². The van der Waals surface area contributed by atoms with Gasteiger partial charge in [0.15, 0.2) is 0 Å². The molecule has 0 aliphatic carbocycles. The van der Waals surface area contributed by atoms with Crippen molar-refractivity contribution < 1.29 is 4.74 Å². The maximum absolute atomic E-state index is 8.06. The van der Waals surface area contributed by atoms with E-state index in [0.29, 0.717) is 12.4 Å². The van der Waals surface area contributed by atoms with Gasteiger partial charge in [-0.05, 0) is 13.8 Å². The fraction of sp³-hybridized carbons (Fsp3) is 0.500. The smallest absolute Gasteiger partial charge is 0.103 e. The van der Waals surface area contributed by atoms with Crippen LogP contribution in [0.15, 0.2) is 11.8 Å². The van der Waals surface area contributed by atoms with Crippen LogP contribution >= 0.6 is 0 Å². The number of nitriles is 1. The van der Waals surface area contributed by atoms with Crippen LogP contribution in [-0.4, -0.2) is 6.61 Å². The first-order chi connectivity index (χ1) is 3.81. The zero-order chi connectivity index (χ0) is 6.41. The maximum Gasteiger partial charge on any atom is 0.103 e. The van der Waals surface area contributed by atoms with Crippen molar-refractivity contribution >= 4 is 0 Å². The van der Waals surface area contributed by atoms with E-state index in [4.69, 9.17) is 10.00 Å². The second-order valence-electron chi connectivity index (χ2n) is 1.32. The van der Waals surface area contributed by atoms with Crippen molar-refractivity contribution in [1.29, 1.82) is 5.26 Å². The monoisotopic (exact) mass is 111 g/mol. The molecule has 0 radical (unpaired) electrons. The number of rotatable bonds is 2. The highest BCUT2D eigenvalue weighted by atomic mass is 16.5. The topological polar surface area (TPSA) is 33.0 Å². The highest BCUT2D eigenvalue weighted by molar-refractivity contribution is 5.05. The van der Waals surface area contributed by atoms with E-state index in [-0.39, 0.29) is 0 Å². The number of nitrogens with zero attached hydrogens (tertiary/aromatic N) is 1. The van der Waals surface area contributed by atoms with Crippen molar-refractivity contribution in [2.75, 3.05) is 6.61 Å². The molecule has 0 aromatic rings. The average Bonchev–Trinajstić information content (AvgIpc) is 1.68. The second-order valence-corrected chi connectivity index (χ2v) is 1.32. The molecule has 0 aromatic heterocycles. The van der Waals surface area contributed by atoms with E-state index in [0.717, 1.165) is 0 Å². The first-order valence-corrected chi connectivity index (χ1v) is 2.50. The molecule has 0 aromatic carbocycles. The molecule has 0 fully saturated rings. The van der Waals surface area contributed by atoms with Crippen LogP contribution in [-0.2, 0) is 4.74 Å². The minimum atomic E-state index is 0.629. The van der Waals surface area contributed by atoms with E-state index in [9.17, 15) is 0 Å². The normalized spacial score (nSPS) is 10.4. The summed E-state index contributed by atoms with van der Waals surface area (Å²) < 4.78 is 4.92. The Hall–Kier alpha value is -0.970. The maximum atomic E-state index is 8.06. The summed E-state index contributed by atoms with van der Waals surface area (Å²) in [6.45, 7) is 4.27. The lowest BCUT2D eigenvalue weighted by Gasteiger charge is -1.97. The van der Waals surface area contributed by atoms with Crippen LogP contribution in [0.1, 0.15) is 13.8 Å². The SMILES string of the molecule is CCO/C(C)=C\C#N. The molecule has 0 rings (SSSR count). The van der Waals surface area contributed by atoms with Crippen LogP contribution < -0.4 is 0 Å². The fourth-order valence-electron chi connectivity index (χ4n) is 0.360. The molecule has 0 heterocycles. The third kappa shape index (κ3) is 3.23. The lowest BCUT2D eigenvalue weighted by molar-refractivity contribution is 0.232. The summed E-state index contributed by atoms with van der Waals surface area (Å²) in [5.41, 5.74) is 0. The van der Waals surface area contributed by atoms with Gasteiger partial charge in [-0.15, -0.1) is 0 Å². The van der Waals surface area contributed by atoms with E-state index in [2.05, 4.69) is 0 Å². The molecule has 0 atom stereocenters. The minimum Gasteiger partial charge on any atom is -0.498 e. The number of allylic oxidation sites excluding steroid dienone is 2. The van der Waals surface area contributed by atoms with Crippen LogP contribution in [0.2, 0.25) is 0 Å². The Morgan fingerprint density at radius 1 is 1.88 bits per heavy atom. The Balaban J connectivity index is 3.49. The predicted octanol–water partition coefficient (Wildman–Crippen LogP) is 1.45. The van der Waals surface area contributed by atoms with E-state index < -0.39 is 0 Å². The summed E-state index contributed by atoms with van der Waals surface area (Å²) in [5.74, 6) is 0.676. The van der Waals surface area contributed by atoms with Crippen molar-refractivity contribution in [3.05, 3.63) is 11.8 Å². The Morgan fingerprint density at radius 3 is 2.88 bits per heavy atom. The highest BCUT2D eigenvalue weighted by Gasteiger charge is 1.81. The lowest BCUT2D eigenvalue weighted by atomic mass is 10.5. The van der Waals surface area contributed by atoms with Crippen LogP contribution in [0.25, 0.3) is 0 Å². The van der Waals surface area contributed by atoms with Gasteiger partial charge < -0.3 is 4.74 Å². The number of hydrogen-bond acceptors (Lipinski definition) is 2. The molecule has 0 saturated carbocycles. The number of ether oxygens (including phenoxy) is 1. The average molecular weight is 111 g/mol. The Labute approximate surface area is 49.4 Å². The summed E-state index contributed by atoms with van der Waals surface area (Å²) in [7, 11) is 0. The van der Waals surface area contributed by atoms with E-state index in [1.807, 2.05) is 13.0 Å².